The molecule has 2 atom stereocenters. The van der Waals surface area contributed by atoms with Crippen molar-refractivity contribution in [2.24, 2.45) is 13.0 Å². The highest BCUT2D eigenvalue weighted by molar-refractivity contribution is 5.54. The minimum Gasteiger partial charge on any atom is -0.334 e. The van der Waals surface area contributed by atoms with Crippen molar-refractivity contribution in [1.29, 1.82) is 0 Å². The molecule has 2 aliphatic rings. The SMILES string of the molecule is Cn1ccnc1-c1ccc2n(c1=O)C[C@H]1C[C@@H]2CN(Cc2ncccc2F)C1. The standard InChI is InChI=1S/C21H22FN5O/c1-25-8-7-24-20(25)16-4-5-19-15-9-14(11-27(19)21(16)28)10-26(12-15)13-18-17(22)3-2-6-23-18/h2-8,14-15H,9-13H2,1H3/t14-,15+/m0/s1. The molecule has 0 saturated carbocycles. The van der Waals surface area contributed by atoms with E-state index >= 15 is 0 Å². The fourth-order valence-corrected chi connectivity index (χ4v) is 4.72. The van der Waals surface area contributed by atoms with Crippen molar-refractivity contribution in [1.82, 2.24) is 24.0 Å². The Kier molecular flexibility index (Phi) is 4.12. The molecule has 144 valence electrons. The summed E-state index contributed by atoms with van der Waals surface area (Å²) in [5.74, 6) is 1.10. The second-order valence-corrected chi connectivity index (χ2v) is 7.87. The van der Waals surface area contributed by atoms with Crippen molar-refractivity contribution in [3.63, 3.8) is 0 Å². The van der Waals surface area contributed by atoms with Gasteiger partial charge < -0.3 is 9.13 Å². The van der Waals surface area contributed by atoms with Crippen molar-refractivity contribution >= 4 is 0 Å². The lowest BCUT2D eigenvalue weighted by Crippen LogP contribution is -2.47. The number of fused-ring (bicyclic) bond motifs is 4. The second kappa shape index (κ2) is 6.67. The summed E-state index contributed by atoms with van der Waals surface area (Å²) in [5, 5.41) is 0. The van der Waals surface area contributed by atoms with Crippen LogP contribution in [-0.4, -0.2) is 37.1 Å². The van der Waals surface area contributed by atoms with Gasteiger partial charge in [0.25, 0.3) is 5.56 Å². The molecule has 0 N–H and O–H groups in total. The predicted octanol–water partition coefficient (Wildman–Crippen LogP) is 2.40. The minimum absolute atomic E-state index is 0.0331. The quantitative estimate of drug-likeness (QED) is 0.701. The van der Waals surface area contributed by atoms with Gasteiger partial charge in [0.05, 0.1) is 11.3 Å². The molecule has 3 aromatic heterocycles. The van der Waals surface area contributed by atoms with Gasteiger partial charge in [-0.2, -0.15) is 0 Å². The summed E-state index contributed by atoms with van der Waals surface area (Å²) in [7, 11) is 1.90. The molecule has 0 aromatic carbocycles. The van der Waals surface area contributed by atoms with Crippen LogP contribution in [-0.2, 0) is 20.1 Å². The van der Waals surface area contributed by atoms with Crippen LogP contribution in [0, 0.1) is 11.7 Å². The molecule has 1 saturated heterocycles. The van der Waals surface area contributed by atoms with E-state index in [4.69, 9.17) is 0 Å². The third-order valence-electron chi connectivity index (χ3n) is 5.95. The van der Waals surface area contributed by atoms with Crippen LogP contribution in [0.1, 0.15) is 23.7 Å². The van der Waals surface area contributed by atoms with Gasteiger partial charge >= 0.3 is 0 Å². The molecule has 0 amide bonds. The molecule has 6 nitrogen and oxygen atoms in total. The average Bonchev–Trinajstić information content (AvgIpc) is 3.10. The Morgan fingerprint density at radius 3 is 2.82 bits per heavy atom. The van der Waals surface area contributed by atoms with Crippen LogP contribution in [0.25, 0.3) is 11.4 Å². The highest BCUT2D eigenvalue weighted by atomic mass is 19.1. The zero-order chi connectivity index (χ0) is 19.3. The van der Waals surface area contributed by atoms with Crippen molar-refractivity contribution in [3.05, 3.63) is 70.4 Å². The maximum absolute atomic E-state index is 14.0. The summed E-state index contributed by atoms with van der Waals surface area (Å²) in [6.45, 7) is 2.87. The van der Waals surface area contributed by atoms with E-state index in [0.717, 1.165) is 25.2 Å². The van der Waals surface area contributed by atoms with Crippen molar-refractivity contribution in [3.8, 4) is 11.4 Å². The lowest BCUT2D eigenvalue weighted by molar-refractivity contribution is 0.112. The number of aryl methyl sites for hydroxylation is 1. The molecule has 28 heavy (non-hydrogen) atoms. The summed E-state index contributed by atoms with van der Waals surface area (Å²) in [5.41, 5.74) is 2.24. The van der Waals surface area contributed by atoms with Crippen LogP contribution in [0.5, 0.6) is 0 Å². The van der Waals surface area contributed by atoms with Gasteiger partial charge in [-0.15, -0.1) is 0 Å². The Morgan fingerprint density at radius 2 is 2.04 bits per heavy atom. The van der Waals surface area contributed by atoms with Crippen LogP contribution < -0.4 is 5.56 Å². The van der Waals surface area contributed by atoms with Crippen LogP contribution >= 0.6 is 0 Å². The molecule has 7 heteroatoms. The number of pyridine rings is 2. The molecule has 0 spiro atoms. The van der Waals surface area contributed by atoms with Gasteiger partial charge in [0.2, 0.25) is 0 Å². The number of imidazole rings is 1. The molecule has 0 radical (unpaired) electrons. The molecular formula is C21H22FN5O. The fourth-order valence-electron chi connectivity index (χ4n) is 4.72. The third-order valence-corrected chi connectivity index (χ3v) is 5.95. The van der Waals surface area contributed by atoms with E-state index in [1.54, 1.807) is 18.5 Å². The maximum atomic E-state index is 14.0. The molecule has 0 aliphatic carbocycles. The van der Waals surface area contributed by atoms with Crippen LogP contribution in [0.2, 0.25) is 0 Å². The largest absolute Gasteiger partial charge is 0.334 e. The van der Waals surface area contributed by atoms with Crippen LogP contribution in [0.4, 0.5) is 4.39 Å². The number of hydrogen-bond donors (Lipinski definition) is 0. The Labute approximate surface area is 162 Å². The van der Waals surface area contributed by atoms with Gasteiger partial charge in [-0.05, 0) is 36.6 Å². The van der Waals surface area contributed by atoms with Crippen LogP contribution in [0.3, 0.4) is 0 Å². The van der Waals surface area contributed by atoms with Gasteiger partial charge in [-0.1, -0.05) is 0 Å². The number of hydrogen-bond acceptors (Lipinski definition) is 4. The van der Waals surface area contributed by atoms with E-state index in [0.29, 0.717) is 36.1 Å². The van der Waals surface area contributed by atoms with E-state index in [-0.39, 0.29) is 17.3 Å². The summed E-state index contributed by atoms with van der Waals surface area (Å²) in [6.07, 6.45) is 6.27. The number of halogens is 1. The molecule has 2 aliphatic heterocycles. The Hall–Kier alpha value is -2.80. The number of nitrogens with zero attached hydrogens (tertiary/aromatic N) is 5. The van der Waals surface area contributed by atoms with Gasteiger partial charge in [0, 0.05) is 63.4 Å². The summed E-state index contributed by atoms with van der Waals surface area (Å²) in [4.78, 5) is 23.9. The first-order valence-electron chi connectivity index (χ1n) is 9.63. The fraction of sp³-hybridized carbons (Fsp3) is 0.381. The number of piperidine rings is 1. The highest BCUT2D eigenvalue weighted by Gasteiger charge is 2.35. The number of rotatable bonds is 3. The first kappa shape index (κ1) is 17.3. The van der Waals surface area contributed by atoms with Crippen molar-refractivity contribution in [2.45, 2.75) is 25.4 Å². The lowest BCUT2D eigenvalue weighted by Gasteiger charge is -2.42. The lowest BCUT2D eigenvalue weighted by atomic mass is 9.83. The Morgan fingerprint density at radius 1 is 1.14 bits per heavy atom. The zero-order valence-electron chi connectivity index (χ0n) is 15.8. The van der Waals surface area contributed by atoms with E-state index in [9.17, 15) is 9.18 Å². The van der Waals surface area contributed by atoms with E-state index in [1.165, 1.54) is 6.07 Å². The Bertz CT molecular complexity index is 1090. The average molecular weight is 379 g/mol. The molecule has 5 heterocycles. The second-order valence-electron chi connectivity index (χ2n) is 7.87. The van der Waals surface area contributed by atoms with Crippen LogP contribution in [0.15, 0.2) is 47.7 Å². The van der Waals surface area contributed by atoms with Crippen molar-refractivity contribution < 1.29 is 4.39 Å². The van der Waals surface area contributed by atoms with E-state index in [1.807, 2.05) is 28.4 Å². The van der Waals surface area contributed by atoms with Crippen molar-refractivity contribution in [2.75, 3.05) is 13.1 Å². The first-order valence-corrected chi connectivity index (χ1v) is 9.63. The normalized spacial score (nSPS) is 21.5. The Balaban J connectivity index is 1.45. The van der Waals surface area contributed by atoms with E-state index < -0.39 is 0 Å². The van der Waals surface area contributed by atoms with E-state index in [2.05, 4.69) is 20.9 Å². The van der Waals surface area contributed by atoms with Gasteiger partial charge in [0.1, 0.15) is 11.6 Å². The summed E-state index contributed by atoms with van der Waals surface area (Å²) < 4.78 is 17.8. The summed E-state index contributed by atoms with van der Waals surface area (Å²) >= 11 is 0. The summed E-state index contributed by atoms with van der Waals surface area (Å²) in [6, 6.07) is 7.04. The monoisotopic (exact) mass is 379 g/mol. The molecular weight excluding hydrogens is 357 g/mol. The van der Waals surface area contributed by atoms with Gasteiger partial charge in [0.15, 0.2) is 0 Å². The van der Waals surface area contributed by atoms with Gasteiger partial charge in [-0.25, -0.2) is 9.37 Å². The molecule has 5 rings (SSSR count). The zero-order valence-corrected chi connectivity index (χ0v) is 15.8. The topological polar surface area (TPSA) is 56.0 Å². The highest BCUT2D eigenvalue weighted by Crippen LogP contribution is 2.36. The predicted molar refractivity (Wildman–Crippen MR) is 103 cm³/mol. The number of aromatic nitrogens is 4. The minimum atomic E-state index is -0.255. The first-order chi connectivity index (χ1) is 13.6. The molecule has 1 fully saturated rings. The molecule has 2 bridgehead atoms. The molecule has 0 unspecified atom stereocenters. The maximum Gasteiger partial charge on any atom is 0.261 e. The smallest absolute Gasteiger partial charge is 0.261 e. The molecule has 3 aromatic rings. The number of likely N-dealkylation sites (tertiary alicyclic amines) is 1. The third kappa shape index (κ3) is 2.86. The van der Waals surface area contributed by atoms with Gasteiger partial charge in [-0.3, -0.25) is 14.7 Å².